The number of ether oxygens (including phenoxy) is 1. The van der Waals surface area contributed by atoms with E-state index in [9.17, 15) is 0 Å². The van der Waals surface area contributed by atoms with E-state index in [4.69, 9.17) is 4.74 Å². The number of hydrogen-bond donors (Lipinski definition) is 1. The second-order valence-electron chi connectivity index (χ2n) is 4.39. The summed E-state index contributed by atoms with van der Waals surface area (Å²) >= 11 is 1.73. The smallest absolute Gasteiger partial charge is 0.132 e. The topological polar surface area (TPSA) is 21.3 Å². The quantitative estimate of drug-likeness (QED) is 0.796. The van der Waals surface area contributed by atoms with E-state index >= 15 is 0 Å². The molecular formula is C13H19NOS. The summed E-state index contributed by atoms with van der Waals surface area (Å²) in [5, 5.41) is 3.56. The number of methoxy groups -OCH3 is 1. The average Bonchev–Trinajstić information content (AvgIpc) is 3.02. The van der Waals surface area contributed by atoms with Crippen LogP contribution in [-0.4, -0.2) is 19.4 Å². The van der Waals surface area contributed by atoms with Crippen LogP contribution in [0.15, 0.2) is 23.1 Å². The van der Waals surface area contributed by atoms with Crippen LogP contribution in [0, 0.1) is 5.92 Å². The van der Waals surface area contributed by atoms with Gasteiger partial charge in [0.1, 0.15) is 5.75 Å². The monoisotopic (exact) mass is 237 g/mol. The molecule has 2 unspecified atom stereocenters. The van der Waals surface area contributed by atoms with Gasteiger partial charge in [-0.1, -0.05) is 13.0 Å². The number of rotatable bonds is 5. The number of thioether (sulfide) groups is 1. The minimum Gasteiger partial charge on any atom is -0.496 e. The van der Waals surface area contributed by atoms with Crippen molar-refractivity contribution in [3.8, 4) is 5.75 Å². The summed E-state index contributed by atoms with van der Waals surface area (Å²) in [7, 11) is 1.72. The average molecular weight is 237 g/mol. The summed E-state index contributed by atoms with van der Waals surface area (Å²) in [4.78, 5) is 1.21. The third-order valence-electron chi connectivity index (χ3n) is 3.13. The maximum atomic E-state index is 5.30. The molecule has 1 fully saturated rings. The number of benzene rings is 1. The van der Waals surface area contributed by atoms with Gasteiger partial charge in [-0.3, -0.25) is 0 Å². The molecule has 1 aromatic carbocycles. The Labute approximate surface area is 102 Å². The van der Waals surface area contributed by atoms with Crippen molar-refractivity contribution in [2.24, 2.45) is 5.92 Å². The lowest BCUT2D eigenvalue weighted by molar-refractivity contribution is 0.404. The van der Waals surface area contributed by atoms with Gasteiger partial charge >= 0.3 is 0 Å². The van der Waals surface area contributed by atoms with Gasteiger partial charge < -0.3 is 10.1 Å². The van der Waals surface area contributed by atoms with Gasteiger partial charge in [0.05, 0.1) is 7.11 Å². The summed E-state index contributed by atoms with van der Waals surface area (Å²) in [5.41, 5.74) is 1.34. The molecular weight excluding hydrogens is 218 g/mol. The van der Waals surface area contributed by atoms with Crippen LogP contribution >= 0.6 is 11.8 Å². The van der Waals surface area contributed by atoms with Gasteiger partial charge in [0.15, 0.2) is 0 Å². The molecule has 0 amide bonds. The number of nitrogens with one attached hydrogen (secondary N) is 1. The van der Waals surface area contributed by atoms with Crippen molar-refractivity contribution in [1.29, 1.82) is 0 Å². The van der Waals surface area contributed by atoms with Gasteiger partial charge in [-0.25, -0.2) is 0 Å². The summed E-state index contributed by atoms with van der Waals surface area (Å²) in [6.45, 7) is 3.26. The van der Waals surface area contributed by atoms with Gasteiger partial charge in [-0.05, 0) is 36.3 Å². The molecule has 3 heteroatoms. The van der Waals surface area contributed by atoms with Crippen molar-refractivity contribution < 1.29 is 4.74 Å². The number of hydrogen-bond acceptors (Lipinski definition) is 3. The molecule has 0 aliphatic heterocycles. The molecule has 0 spiro atoms. The largest absolute Gasteiger partial charge is 0.496 e. The van der Waals surface area contributed by atoms with Gasteiger partial charge in [0.25, 0.3) is 0 Å². The minimum absolute atomic E-state index is 0.736. The Bertz CT molecular complexity index is 367. The zero-order valence-electron chi connectivity index (χ0n) is 10.1. The van der Waals surface area contributed by atoms with E-state index in [0.717, 1.165) is 24.3 Å². The van der Waals surface area contributed by atoms with Gasteiger partial charge in [0, 0.05) is 17.5 Å². The predicted octanol–water partition coefficient (Wildman–Crippen LogP) is 2.92. The Kier molecular flexibility index (Phi) is 3.77. The molecule has 0 aromatic heterocycles. The van der Waals surface area contributed by atoms with Crippen molar-refractivity contribution in [2.75, 3.05) is 13.4 Å². The third kappa shape index (κ3) is 2.71. The summed E-state index contributed by atoms with van der Waals surface area (Å²) < 4.78 is 5.30. The van der Waals surface area contributed by atoms with E-state index in [-0.39, 0.29) is 0 Å². The van der Waals surface area contributed by atoms with E-state index in [1.54, 1.807) is 18.9 Å². The fraction of sp³-hybridized carbons (Fsp3) is 0.538. The molecule has 1 aliphatic carbocycles. The Hall–Kier alpha value is -0.670. The molecule has 16 heavy (non-hydrogen) atoms. The molecule has 0 radical (unpaired) electrons. The minimum atomic E-state index is 0.736. The van der Waals surface area contributed by atoms with Crippen molar-refractivity contribution in [2.45, 2.75) is 30.8 Å². The fourth-order valence-electron chi connectivity index (χ4n) is 1.85. The highest BCUT2D eigenvalue weighted by Gasteiger charge is 2.31. The van der Waals surface area contributed by atoms with Crippen molar-refractivity contribution in [3.63, 3.8) is 0 Å². The van der Waals surface area contributed by atoms with E-state index < -0.39 is 0 Å². The molecule has 1 aliphatic rings. The zero-order chi connectivity index (χ0) is 11.5. The molecule has 0 saturated heterocycles. The zero-order valence-corrected chi connectivity index (χ0v) is 10.9. The Balaban J connectivity index is 1.98. The first-order chi connectivity index (χ1) is 7.74. The second-order valence-corrected chi connectivity index (χ2v) is 5.24. The van der Waals surface area contributed by atoms with Crippen LogP contribution in [0.3, 0.4) is 0 Å². The van der Waals surface area contributed by atoms with Crippen LogP contribution in [0.5, 0.6) is 5.75 Å². The molecule has 0 heterocycles. The molecule has 88 valence electrons. The van der Waals surface area contributed by atoms with Crippen LogP contribution < -0.4 is 10.1 Å². The van der Waals surface area contributed by atoms with Gasteiger partial charge in [-0.15, -0.1) is 11.8 Å². The molecule has 1 N–H and O–H groups in total. The van der Waals surface area contributed by atoms with Crippen LogP contribution in [0.25, 0.3) is 0 Å². The normalized spacial score (nSPS) is 23.2. The van der Waals surface area contributed by atoms with E-state index in [2.05, 4.69) is 36.7 Å². The Morgan fingerprint density at radius 2 is 2.25 bits per heavy atom. The summed E-state index contributed by atoms with van der Waals surface area (Å²) in [5.74, 6) is 1.83. The molecule has 0 bridgehead atoms. The maximum absolute atomic E-state index is 5.30. The lowest BCUT2D eigenvalue weighted by atomic mass is 10.2. The second kappa shape index (κ2) is 5.11. The van der Waals surface area contributed by atoms with E-state index in [1.165, 1.54) is 16.9 Å². The van der Waals surface area contributed by atoms with Crippen LogP contribution in [0.1, 0.15) is 18.9 Å². The lowest BCUT2D eigenvalue weighted by Gasteiger charge is -2.09. The molecule has 1 aromatic rings. The highest BCUT2D eigenvalue weighted by Crippen LogP contribution is 2.31. The van der Waals surface area contributed by atoms with Gasteiger partial charge in [-0.2, -0.15) is 0 Å². The van der Waals surface area contributed by atoms with Crippen LogP contribution in [0.2, 0.25) is 0 Å². The van der Waals surface area contributed by atoms with Crippen molar-refractivity contribution >= 4 is 11.8 Å². The highest BCUT2D eigenvalue weighted by atomic mass is 32.2. The van der Waals surface area contributed by atoms with Crippen molar-refractivity contribution in [3.05, 3.63) is 23.8 Å². The third-order valence-corrected chi connectivity index (χ3v) is 3.88. The van der Waals surface area contributed by atoms with Crippen LogP contribution in [0.4, 0.5) is 0 Å². The lowest BCUT2D eigenvalue weighted by Crippen LogP contribution is -2.16. The summed E-state index contributed by atoms with van der Waals surface area (Å²) in [6.07, 6.45) is 3.41. The first-order valence-electron chi connectivity index (χ1n) is 5.69. The van der Waals surface area contributed by atoms with Crippen molar-refractivity contribution in [1.82, 2.24) is 5.32 Å². The van der Waals surface area contributed by atoms with E-state index in [0.29, 0.717) is 0 Å². The molecule has 2 atom stereocenters. The van der Waals surface area contributed by atoms with Crippen LogP contribution in [-0.2, 0) is 6.54 Å². The standard InChI is InChI=1S/C13H19NOS/c1-9-6-11(9)14-8-10-4-5-12(15-2)13(7-10)16-3/h4-5,7,9,11,14H,6,8H2,1-3H3. The fourth-order valence-corrected chi connectivity index (χ4v) is 2.47. The maximum Gasteiger partial charge on any atom is 0.132 e. The Morgan fingerprint density at radius 1 is 1.50 bits per heavy atom. The predicted molar refractivity (Wildman–Crippen MR) is 69.2 cm³/mol. The van der Waals surface area contributed by atoms with Gasteiger partial charge in [0.2, 0.25) is 0 Å². The molecule has 2 nitrogen and oxygen atoms in total. The SMILES string of the molecule is COc1ccc(CNC2CC2C)cc1SC. The summed E-state index contributed by atoms with van der Waals surface area (Å²) in [6, 6.07) is 7.14. The first kappa shape index (κ1) is 11.8. The first-order valence-corrected chi connectivity index (χ1v) is 6.91. The highest BCUT2D eigenvalue weighted by molar-refractivity contribution is 7.98. The van der Waals surface area contributed by atoms with E-state index in [1.807, 2.05) is 0 Å². The molecule has 2 rings (SSSR count). The Morgan fingerprint density at radius 3 is 2.81 bits per heavy atom. The molecule has 1 saturated carbocycles.